The van der Waals surface area contributed by atoms with Gasteiger partial charge in [0.05, 0.1) is 12.5 Å². The van der Waals surface area contributed by atoms with E-state index in [-0.39, 0.29) is 70.0 Å². The van der Waals surface area contributed by atoms with Gasteiger partial charge in [0.25, 0.3) is 0 Å². The Morgan fingerprint density at radius 3 is 1.76 bits per heavy atom. The smallest absolute Gasteiger partial charge is 0.326 e. The van der Waals surface area contributed by atoms with Crippen molar-refractivity contribution in [2.45, 2.75) is 114 Å². The van der Waals surface area contributed by atoms with E-state index in [1.807, 2.05) is 0 Å². The second-order valence-electron chi connectivity index (χ2n) is 13.1. The number of carbonyl (C=O) groups is 8. The molecule has 2 rings (SSSR count). The molecular formula is C31H51N9O11. The Kier molecular flexibility index (Phi) is 16.5. The second kappa shape index (κ2) is 20.0. The molecule has 0 aromatic rings. The van der Waals surface area contributed by atoms with Crippen LogP contribution in [-0.2, 0) is 38.4 Å². The Balaban J connectivity index is 2.22. The molecule has 0 aliphatic carbocycles. The first-order valence-electron chi connectivity index (χ1n) is 16.9. The van der Waals surface area contributed by atoms with Crippen LogP contribution in [0.25, 0.3) is 0 Å². The van der Waals surface area contributed by atoms with E-state index in [0.717, 1.165) is 0 Å². The number of rotatable bonds is 20. The molecule has 51 heavy (non-hydrogen) atoms. The Morgan fingerprint density at radius 1 is 0.765 bits per heavy atom. The van der Waals surface area contributed by atoms with Crippen molar-refractivity contribution < 1.29 is 53.7 Å². The molecule has 0 radical (unpaired) electrons. The van der Waals surface area contributed by atoms with Crippen molar-refractivity contribution in [2.75, 3.05) is 19.6 Å². The van der Waals surface area contributed by atoms with Crippen LogP contribution in [0.4, 0.5) is 0 Å². The summed E-state index contributed by atoms with van der Waals surface area (Å²) in [4.78, 5) is 108. The predicted octanol–water partition coefficient (Wildman–Crippen LogP) is -2.73. The Bertz CT molecular complexity index is 1340. The van der Waals surface area contributed by atoms with Crippen LogP contribution in [0.15, 0.2) is 4.99 Å². The summed E-state index contributed by atoms with van der Waals surface area (Å²) in [6, 6.07) is -7.39. The zero-order chi connectivity index (χ0) is 38.4. The number of aliphatic carboxylic acids is 3. The largest absolute Gasteiger partial charge is 0.481 e. The van der Waals surface area contributed by atoms with Crippen molar-refractivity contribution in [3.8, 4) is 0 Å². The van der Waals surface area contributed by atoms with Crippen molar-refractivity contribution >= 4 is 53.4 Å². The second-order valence-corrected chi connectivity index (χ2v) is 13.1. The third-order valence-corrected chi connectivity index (χ3v) is 8.55. The monoisotopic (exact) mass is 725 g/mol. The summed E-state index contributed by atoms with van der Waals surface area (Å²) < 4.78 is 0. The first kappa shape index (κ1) is 42.2. The number of aliphatic imine (C=N–C) groups is 1. The Labute approximate surface area is 294 Å². The molecule has 12 N–H and O–H groups in total. The Morgan fingerprint density at radius 2 is 1.29 bits per heavy atom. The van der Waals surface area contributed by atoms with Crippen LogP contribution in [0.1, 0.15) is 78.1 Å². The maximum absolute atomic E-state index is 13.8. The van der Waals surface area contributed by atoms with Crippen molar-refractivity contribution in [3.63, 3.8) is 0 Å². The number of amides is 5. The maximum atomic E-state index is 13.8. The summed E-state index contributed by atoms with van der Waals surface area (Å²) in [7, 11) is 0. The fourth-order valence-corrected chi connectivity index (χ4v) is 6.08. The van der Waals surface area contributed by atoms with E-state index in [1.165, 1.54) is 9.80 Å². The van der Waals surface area contributed by atoms with Crippen LogP contribution in [0.5, 0.6) is 0 Å². The van der Waals surface area contributed by atoms with Crippen LogP contribution in [0.3, 0.4) is 0 Å². The number of nitrogens with one attached hydrogen (secondary N) is 3. The molecule has 2 aliphatic rings. The number of carboxylic acids is 3. The van der Waals surface area contributed by atoms with E-state index in [9.17, 15) is 48.6 Å². The highest BCUT2D eigenvalue weighted by Gasteiger charge is 2.42. The fourth-order valence-electron chi connectivity index (χ4n) is 6.08. The first-order valence-corrected chi connectivity index (χ1v) is 16.9. The van der Waals surface area contributed by atoms with Gasteiger partial charge in [0.15, 0.2) is 5.96 Å². The summed E-state index contributed by atoms with van der Waals surface area (Å²) >= 11 is 0. The van der Waals surface area contributed by atoms with Crippen LogP contribution in [-0.4, -0.2) is 134 Å². The first-order chi connectivity index (χ1) is 23.9. The van der Waals surface area contributed by atoms with Crippen LogP contribution in [0.2, 0.25) is 0 Å². The van der Waals surface area contributed by atoms with Gasteiger partial charge in [-0.3, -0.25) is 38.6 Å². The summed E-state index contributed by atoms with van der Waals surface area (Å²) in [5, 5.41) is 35.5. The van der Waals surface area contributed by atoms with Gasteiger partial charge in [-0.05, 0) is 57.3 Å². The van der Waals surface area contributed by atoms with Gasteiger partial charge in [-0.1, -0.05) is 13.8 Å². The molecule has 20 nitrogen and oxygen atoms in total. The van der Waals surface area contributed by atoms with Gasteiger partial charge in [0.1, 0.15) is 30.2 Å². The van der Waals surface area contributed by atoms with E-state index >= 15 is 0 Å². The van der Waals surface area contributed by atoms with Gasteiger partial charge in [-0.2, -0.15) is 0 Å². The lowest BCUT2D eigenvalue weighted by Gasteiger charge is -2.32. The van der Waals surface area contributed by atoms with E-state index in [0.29, 0.717) is 12.8 Å². The molecule has 0 bridgehead atoms. The quantitative estimate of drug-likeness (QED) is 0.0350. The fraction of sp³-hybridized carbons (Fsp3) is 0.710. The highest BCUT2D eigenvalue weighted by Crippen LogP contribution is 2.23. The number of carboxylic acid groups (broad SMARTS) is 3. The van der Waals surface area contributed by atoms with Gasteiger partial charge in [0, 0.05) is 26.1 Å². The van der Waals surface area contributed by atoms with E-state index in [1.54, 1.807) is 13.8 Å². The molecule has 286 valence electrons. The topological polar surface area (TPSA) is 330 Å². The van der Waals surface area contributed by atoms with Crippen LogP contribution in [0, 0.1) is 5.92 Å². The number of hydrogen-bond acceptors (Lipinski definition) is 10. The SMILES string of the molecule is CC(C)C[C@H](NC(=O)[C@@H](N)CC(=O)O)C(=O)N1CCC[C@H]1C(=O)N[C@@H](CCC(=O)O)C(=O)N1CCC[C@H]1C(=O)N[C@@H](CCCN=C(N)N)C(=O)O. The Hall–Kier alpha value is -5.01. The van der Waals surface area contributed by atoms with E-state index in [4.69, 9.17) is 22.3 Å². The number of guanidine groups is 1. The van der Waals surface area contributed by atoms with Crippen molar-refractivity contribution in [2.24, 2.45) is 28.1 Å². The molecule has 20 heteroatoms. The maximum Gasteiger partial charge on any atom is 0.326 e. The van der Waals surface area contributed by atoms with Crippen molar-refractivity contribution in [3.05, 3.63) is 0 Å². The minimum absolute atomic E-state index is 0.00324. The standard InChI is InChI=1S/C31H51N9O11/c1-16(2)14-20(38-25(45)17(32)15-24(43)44)29(49)40-13-5-7-21(40)26(46)36-18(9-10-23(41)42)28(48)39-12-4-8-22(39)27(47)37-19(30(50)51)6-3-11-35-31(33)34/h16-22H,3-15,32H2,1-2H3,(H,36,46)(H,37,47)(H,38,45)(H,41,42)(H,43,44)(H,50,51)(H4,33,34,35)/t17-,18-,19-,20-,21-,22-/m0/s1. The molecule has 2 saturated heterocycles. The number of nitrogens with zero attached hydrogens (tertiary/aromatic N) is 3. The van der Waals surface area contributed by atoms with E-state index < -0.39 is 96.5 Å². The number of likely N-dealkylation sites (tertiary alicyclic amines) is 2. The predicted molar refractivity (Wildman–Crippen MR) is 179 cm³/mol. The molecule has 5 amide bonds. The zero-order valence-electron chi connectivity index (χ0n) is 28.9. The van der Waals surface area contributed by atoms with Crippen molar-refractivity contribution in [1.82, 2.24) is 25.8 Å². The van der Waals surface area contributed by atoms with Crippen LogP contribution < -0.4 is 33.2 Å². The molecule has 2 heterocycles. The highest BCUT2D eigenvalue weighted by molar-refractivity contribution is 5.97. The van der Waals surface area contributed by atoms with E-state index in [2.05, 4.69) is 20.9 Å². The molecule has 0 aromatic carbocycles. The van der Waals surface area contributed by atoms with Crippen LogP contribution >= 0.6 is 0 Å². The summed E-state index contributed by atoms with van der Waals surface area (Å²) in [5.74, 6) is -7.76. The van der Waals surface area contributed by atoms with Crippen molar-refractivity contribution in [1.29, 1.82) is 0 Å². The zero-order valence-corrected chi connectivity index (χ0v) is 28.9. The summed E-state index contributed by atoms with van der Waals surface area (Å²) in [6.07, 6.45) is 0.0970. The molecule has 0 unspecified atom stereocenters. The average Bonchev–Trinajstić information content (AvgIpc) is 3.73. The highest BCUT2D eigenvalue weighted by atomic mass is 16.4. The third-order valence-electron chi connectivity index (χ3n) is 8.55. The number of carbonyl (C=O) groups excluding carboxylic acids is 5. The molecule has 2 aliphatic heterocycles. The molecule has 6 atom stereocenters. The minimum Gasteiger partial charge on any atom is -0.481 e. The van der Waals surface area contributed by atoms with Gasteiger partial charge in [-0.15, -0.1) is 0 Å². The minimum atomic E-state index is -1.41. The number of hydrogen-bond donors (Lipinski definition) is 9. The lowest BCUT2D eigenvalue weighted by Crippen LogP contribution is -2.59. The van der Waals surface area contributed by atoms with Gasteiger partial charge in [-0.25, -0.2) is 4.79 Å². The average molecular weight is 726 g/mol. The van der Waals surface area contributed by atoms with Gasteiger partial charge < -0.3 is 58.3 Å². The lowest BCUT2D eigenvalue weighted by molar-refractivity contribution is -0.146. The molecule has 0 aromatic heterocycles. The normalized spacial score (nSPS) is 19.4. The molecular weight excluding hydrogens is 674 g/mol. The number of nitrogens with two attached hydrogens (primary N) is 3. The summed E-state index contributed by atoms with van der Waals surface area (Å²) in [5.41, 5.74) is 16.3. The van der Waals surface area contributed by atoms with Gasteiger partial charge >= 0.3 is 17.9 Å². The lowest BCUT2D eigenvalue weighted by atomic mass is 10.0. The molecule has 0 saturated carbocycles. The van der Waals surface area contributed by atoms with Gasteiger partial charge in [0.2, 0.25) is 29.5 Å². The molecule has 0 spiro atoms. The molecule has 2 fully saturated rings. The third kappa shape index (κ3) is 13.3. The summed E-state index contributed by atoms with van der Waals surface area (Å²) in [6.45, 7) is 3.98.